The zero-order valence-corrected chi connectivity index (χ0v) is 17.3. The molecule has 0 spiro atoms. The van der Waals surface area contributed by atoms with Crippen molar-refractivity contribution in [3.8, 4) is 5.75 Å². The summed E-state index contributed by atoms with van der Waals surface area (Å²) in [4.78, 5) is 12.6. The van der Waals surface area contributed by atoms with Crippen LogP contribution in [0.15, 0.2) is 46.8 Å². The van der Waals surface area contributed by atoms with Gasteiger partial charge in [0.05, 0.1) is 0 Å². The van der Waals surface area contributed by atoms with Gasteiger partial charge >= 0.3 is 0 Å². The topological polar surface area (TPSA) is 64.1 Å². The average molecular weight is 402 g/mol. The van der Waals surface area contributed by atoms with Crippen LogP contribution in [0.2, 0.25) is 0 Å². The Kier molecular flexibility index (Phi) is 6.68. The summed E-state index contributed by atoms with van der Waals surface area (Å²) in [6.07, 6.45) is -0.0197. The second-order valence-electron chi connectivity index (χ2n) is 6.59. The fraction of sp³-hybridized carbons (Fsp3) is 0.350. The molecule has 0 aliphatic heterocycles. The SMILES string of the molecule is CC[C@@H](Oc1ccc2ccccc2c1)C(=O)Nc1nnc(SCC(C)C)s1. The zero-order valence-electron chi connectivity index (χ0n) is 15.6. The summed E-state index contributed by atoms with van der Waals surface area (Å²) in [5.41, 5.74) is 0. The summed E-state index contributed by atoms with van der Waals surface area (Å²) in [5, 5.41) is 13.7. The van der Waals surface area contributed by atoms with Gasteiger partial charge in [0, 0.05) is 5.75 Å². The predicted molar refractivity (Wildman–Crippen MR) is 113 cm³/mol. The van der Waals surface area contributed by atoms with E-state index in [1.54, 1.807) is 11.8 Å². The van der Waals surface area contributed by atoms with Crippen molar-refractivity contribution in [2.45, 2.75) is 37.6 Å². The van der Waals surface area contributed by atoms with E-state index in [4.69, 9.17) is 4.74 Å². The van der Waals surface area contributed by atoms with Gasteiger partial charge in [0.2, 0.25) is 5.13 Å². The lowest BCUT2D eigenvalue weighted by molar-refractivity contribution is -0.122. The van der Waals surface area contributed by atoms with E-state index in [-0.39, 0.29) is 5.91 Å². The third kappa shape index (κ3) is 5.43. The van der Waals surface area contributed by atoms with Gasteiger partial charge in [-0.3, -0.25) is 10.1 Å². The Bertz CT molecular complexity index is 911. The number of carbonyl (C=O) groups excluding carboxylic acids is 1. The number of thioether (sulfide) groups is 1. The molecule has 5 nitrogen and oxygen atoms in total. The molecule has 1 aromatic heterocycles. The van der Waals surface area contributed by atoms with Crippen molar-refractivity contribution in [1.29, 1.82) is 0 Å². The van der Waals surface area contributed by atoms with E-state index >= 15 is 0 Å². The monoisotopic (exact) mass is 401 g/mol. The number of fused-ring (bicyclic) bond motifs is 1. The van der Waals surface area contributed by atoms with Crippen LogP contribution in [-0.4, -0.2) is 28.0 Å². The molecule has 142 valence electrons. The second-order valence-corrected chi connectivity index (χ2v) is 8.84. The Morgan fingerprint density at radius 3 is 2.70 bits per heavy atom. The molecule has 1 amide bonds. The molecule has 0 bridgehead atoms. The molecular weight excluding hydrogens is 378 g/mol. The highest BCUT2D eigenvalue weighted by atomic mass is 32.2. The highest BCUT2D eigenvalue weighted by Gasteiger charge is 2.20. The van der Waals surface area contributed by atoms with E-state index in [1.165, 1.54) is 11.3 Å². The molecule has 1 atom stereocenters. The van der Waals surface area contributed by atoms with Crippen molar-refractivity contribution >= 4 is 44.9 Å². The largest absolute Gasteiger partial charge is 0.481 e. The Hall–Kier alpha value is -2.12. The molecular formula is C20H23N3O2S2. The maximum atomic E-state index is 12.6. The van der Waals surface area contributed by atoms with Crippen molar-refractivity contribution in [3.05, 3.63) is 42.5 Å². The standard InChI is InChI=1S/C20H23N3O2S2/c1-4-17(25-16-10-9-14-7-5-6-8-15(14)11-16)18(24)21-19-22-23-20(27-19)26-12-13(2)3/h5-11,13,17H,4,12H2,1-3H3,(H,21,22,24)/t17-/m1/s1. The van der Waals surface area contributed by atoms with Crippen LogP contribution in [-0.2, 0) is 4.79 Å². The van der Waals surface area contributed by atoms with E-state index in [9.17, 15) is 4.79 Å². The van der Waals surface area contributed by atoms with Crippen LogP contribution < -0.4 is 10.1 Å². The third-order valence-electron chi connectivity index (χ3n) is 3.84. The Morgan fingerprint density at radius 2 is 1.96 bits per heavy atom. The number of nitrogens with zero attached hydrogens (tertiary/aromatic N) is 2. The first-order chi connectivity index (χ1) is 13.0. The minimum Gasteiger partial charge on any atom is -0.481 e. The van der Waals surface area contributed by atoms with Crippen LogP contribution in [0, 0.1) is 5.92 Å². The van der Waals surface area contributed by atoms with Gasteiger partial charge in [0.15, 0.2) is 10.4 Å². The number of hydrogen-bond acceptors (Lipinski definition) is 6. The molecule has 3 rings (SSSR count). The number of ether oxygens (including phenoxy) is 1. The van der Waals surface area contributed by atoms with Gasteiger partial charge in [-0.15, -0.1) is 10.2 Å². The Morgan fingerprint density at radius 1 is 1.19 bits per heavy atom. The van der Waals surface area contributed by atoms with Gasteiger partial charge in [-0.05, 0) is 35.2 Å². The van der Waals surface area contributed by atoms with Gasteiger partial charge in [-0.2, -0.15) is 0 Å². The summed E-state index contributed by atoms with van der Waals surface area (Å²) in [6, 6.07) is 13.9. The van der Waals surface area contributed by atoms with E-state index in [1.807, 2.05) is 49.4 Å². The highest BCUT2D eigenvalue weighted by molar-refractivity contribution is 8.01. The van der Waals surface area contributed by atoms with Crippen molar-refractivity contribution in [3.63, 3.8) is 0 Å². The zero-order chi connectivity index (χ0) is 19.2. The van der Waals surface area contributed by atoms with Gasteiger partial charge in [-0.25, -0.2) is 0 Å². The lowest BCUT2D eigenvalue weighted by Gasteiger charge is -2.16. The van der Waals surface area contributed by atoms with Crippen LogP contribution in [0.1, 0.15) is 27.2 Å². The van der Waals surface area contributed by atoms with Crippen LogP contribution >= 0.6 is 23.1 Å². The number of aromatic nitrogens is 2. The molecule has 0 radical (unpaired) electrons. The first-order valence-corrected chi connectivity index (χ1v) is 10.8. The van der Waals surface area contributed by atoms with Gasteiger partial charge in [0.1, 0.15) is 5.75 Å². The number of amides is 1. The number of anilines is 1. The van der Waals surface area contributed by atoms with Crippen molar-refractivity contribution in [2.75, 3.05) is 11.1 Å². The Balaban J connectivity index is 1.63. The molecule has 1 heterocycles. The quantitative estimate of drug-likeness (QED) is 0.413. The number of rotatable bonds is 8. The third-order valence-corrected chi connectivity index (χ3v) is 6.24. The van der Waals surface area contributed by atoms with E-state index in [2.05, 4.69) is 29.4 Å². The molecule has 27 heavy (non-hydrogen) atoms. The number of hydrogen-bond donors (Lipinski definition) is 1. The fourth-order valence-electron chi connectivity index (χ4n) is 2.47. The van der Waals surface area contributed by atoms with Crippen molar-refractivity contribution < 1.29 is 9.53 Å². The lowest BCUT2D eigenvalue weighted by Crippen LogP contribution is -2.32. The van der Waals surface area contributed by atoms with Crippen LogP contribution in [0.25, 0.3) is 10.8 Å². The first kappa shape index (κ1) is 19.6. The van der Waals surface area contributed by atoms with Gasteiger partial charge in [0.25, 0.3) is 5.91 Å². The summed E-state index contributed by atoms with van der Waals surface area (Å²) in [7, 11) is 0. The Labute approximate surface area is 167 Å². The molecule has 2 aromatic carbocycles. The predicted octanol–water partition coefficient (Wildman–Crippen LogP) is 5.24. The van der Waals surface area contributed by atoms with E-state index in [0.29, 0.717) is 23.2 Å². The number of carbonyl (C=O) groups is 1. The maximum Gasteiger partial charge on any atom is 0.267 e. The van der Waals surface area contributed by atoms with Gasteiger partial charge in [-0.1, -0.05) is 74.2 Å². The van der Waals surface area contributed by atoms with Crippen molar-refractivity contribution in [1.82, 2.24) is 10.2 Å². The first-order valence-electron chi connectivity index (χ1n) is 8.97. The van der Waals surface area contributed by atoms with Crippen LogP contribution in [0.4, 0.5) is 5.13 Å². The molecule has 0 aliphatic carbocycles. The smallest absolute Gasteiger partial charge is 0.267 e. The molecule has 3 aromatic rings. The normalized spacial score (nSPS) is 12.3. The lowest BCUT2D eigenvalue weighted by atomic mass is 10.1. The van der Waals surface area contributed by atoms with Crippen LogP contribution in [0.3, 0.4) is 0 Å². The summed E-state index contributed by atoms with van der Waals surface area (Å²) in [6.45, 7) is 6.24. The molecule has 0 aliphatic rings. The van der Waals surface area contributed by atoms with E-state index < -0.39 is 6.10 Å². The minimum atomic E-state index is -0.582. The summed E-state index contributed by atoms with van der Waals surface area (Å²) in [5.74, 6) is 2.03. The number of nitrogens with one attached hydrogen (secondary N) is 1. The molecule has 0 saturated carbocycles. The minimum absolute atomic E-state index is 0.206. The second kappa shape index (κ2) is 9.19. The van der Waals surface area contributed by atoms with Crippen LogP contribution in [0.5, 0.6) is 5.75 Å². The van der Waals surface area contributed by atoms with E-state index in [0.717, 1.165) is 20.9 Å². The molecule has 1 N–H and O–H groups in total. The summed E-state index contributed by atoms with van der Waals surface area (Å²) < 4.78 is 6.79. The molecule has 0 saturated heterocycles. The number of benzene rings is 2. The van der Waals surface area contributed by atoms with Gasteiger partial charge < -0.3 is 4.74 Å². The average Bonchev–Trinajstić information content (AvgIpc) is 3.11. The molecule has 0 unspecified atom stereocenters. The van der Waals surface area contributed by atoms with Crippen molar-refractivity contribution in [2.24, 2.45) is 5.92 Å². The fourth-order valence-corrected chi connectivity index (χ4v) is 4.20. The molecule has 7 heteroatoms. The maximum absolute atomic E-state index is 12.6. The highest BCUT2D eigenvalue weighted by Crippen LogP contribution is 2.27. The molecule has 0 fully saturated rings. The summed E-state index contributed by atoms with van der Waals surface area (Å²) >= 11 is 3.05.